The molecule has 0 fully saturated rings. The van der Waals surface area contributed by atoms with Crippen molar-refractivity contribution < 1.29 is 9.53 Å². The lowest BCUT2D eigenvalue weighted by atomic mass is 10.2. The Balaban J connectivity index is 1.81. The maximum Gasteiger partial charge on any atom is 0.338 e. The van der Waals surface area contributed by atoms with Crippen LogP contribution in [-0.4, -0.2) is 15.4 Å². The topological polar surface area (TPSA) is 60.7 Å². The molecule has 2 heterocycles. The molecule has 0 atom stereocenters. The molecular weight excluding hydrogens is 419 g/mol. The van der Waals surface area contributed by atoms with E-state index in [0.717, 1.165) is 4.47 Å². The van der Waals surface area contributed by atoms with Gasteiger partial charge in [-0.2, -0.15) is 0 Å². The SMILES string of the molecule is O=C(OCc1cc(=O)n2cc(Br)ccc2n1)c1cc(Cl)cc(Cl)c1. The summed E-state index contributed by atoms with van der Waals surface area (Å²) in [6.07, 6.45) is 1.62. The molecular formula is C16H9BrCl2N2O3. The molecule has 3 aromatic rings. The summed E-state index contributed by atoms with van der Waals surface area (Å²) in [5, 5.41) is 0.671. The average Bonchev–Trinajstić information content (AvgIpc) is 2.52. The van der Waals surface area contributed by atoms with E-state index in [0.29, 0.717) is 21.4 Å². The van der Waals surface area contributed by atoms with Crippen LogP contribution in [0, 0.1) is 0 Å². The molecule has 1 aromatic carbocycles. The second-order valence-corrected chi connectivity index (χ2v) is 6.68. The quantitative estimate of drug-likeness (QED) is 0.590. The van der Waals surface area contributed by atoms with Gasteiger partial charge in [0, 0.05) is 26.8 Å². The second kappa shape index (κ2) is 6.93. The Bertz CT molecular complexity index is 984. The lowest BCUT2D eigenvalue weighted by Gasteiger charge is -2.07. The van der Waals surface area contributed by atoms with Gasteiger partial charge in [-0.05, 0) is 46.3 Å². The fourth-order valence-electron chi connectivity index (χ4n) is 2.09. The van der Waals surface area contributed by atoms with Crippen molar-refractivity contribution >= 4 is 50.7 Å². The number of esters is 1. The Kier molecular flexibility index (Phi) is 4.89. The minimum absolute atomic E-state index is 0.134. The van der Waals surface area contributed by atoms with Gasteiger partial charge >= 0.3 is 5.97 Å². The van der Waals surface area contributed by atoms with Crippen LogP contribution in [0.3, 0.4) is 0 Å². The van der Waals surface area contributed by atoms with Crippen LogP contribution in [-0.2, 0) is 11.3 Å². The molecule has 8 heteroatoms. The molecule has 0 saturated carbocycles. The molecule has 5 nitrogen and oxygen atoms in total. The highest BCUT2D eigenvalue weighted by Crippen LogP contribution is 2.20. The third kappa shape index (κ3) is 3.77. The Hall–Kier alpha value is -1.89. The molecule has 0 aliphatic heterocycles. The van der Waals surface area contributed by atoms with Crippen molar-refractivity contribution in [3.05, 3.63) is 78.7 Å². The molecule has 0 aliphatic rings. The highest BCUT2D eigenvalue weighted by Gasteiger charge is 2.11. The summed E-state index contributed by atoms with van der Waals surface area (Å²) in [7, 11) is 0. The number of benzene rings is 1. The monoisotopic (exact) mass is 426 g/mol. The van der Waals surface area contributed by atoms with Crippen LogP contribution in [0.1, 0.15) is 16.1 Å². The summed E-state index contributed by atoms with van der Waals surface area (Å²) in [5.41, 5.74) is 0.776. The van der Waals surface area contributed by atoms with Crippen LogP contribution in [0.2, 0.25) is 10.0 Å². The molecule has 0 saturated heterocycles. The highest BCUT2D eigenvalue weighted by atomic mass is 79.9. The first-order valence-electron chi connectivity index (χ1n) is 6.73. The molecule has 0 N–H and O–H groups in total. The molecule has 3 rings (SSSR count). The number of halogens is 3. The van der Waals surface area contributed by atoms with E-state index in [9.17, 15) is 9.59 Å². The summed E-state index contributed by atoms with van der Waals surface area (Å²) in [5.74, 6) is -0.600. The predicted octanol–water partition coefficient (Wildman–Crippen LogP) is 4.12. The van der Waals surface area contributed by atoms with E-state index >= 15 is 0 Å². The highest BCUT2D eigenvalue weighted by molar-refractivity contribution is 9.10. The number of rotatable bonds is 3. The van der Waals surface area contributed by atoms with Crippen molar-refractivity contribution in [3.8, 4) is 0 Å². The van der Waals surface area contributed by atoms with Crippen LogP contribution in [0.15, 0.2) is 51.9 Å². The van der Waals surface area contributed by atoms with Crippen molar-refractivity contribution in [3.63, 3.8) is 0 Å². The number of fused-ring (bicyclic) bond motifs is 1. The summed E-state index contributed by atoms with van der Waals surface area (Å²) >= 11 is 15.0. The van der Waals surface area contributed by atoms with Gasteiger partial charge < -0.3 is 4.74 Å². The minimum Gasteiger partial charge on any atom is -0.456 e. The van der Waals surface area contributed by atoms with E-state index < -0.39 is 5.97 Å². The van der Waals surface area contributed by atoms with Gasteiger partial charge in [0.15, 0.2) is 0 Å². The number of carbonyl (C=O) groups excluding carboxylic acids is 1. The smallest absolute Gasteiger partial charge is 0.338 e. The first-order chi connectivity index (χ1) is 11.4. The fraction of sp³-hybridized carbons (Fsp3) is 0.0625. The van der Waals surface area contributed by atoms with Gasteiger partial charge in [-0.3, -0.25) is 9.20 Å². The number of pyridine rings is 1. The summed E-state index contributed by atoms with van der Waals surface area (Å²) in [6.45, 7) is -0.134. The van der Waals surface area contributed by atoms with Crippen molar-refractivity contribution in [2.75, 3.05) is 0 Å². The van der Waals surface area contributed by atoms with Crippen LogP contribution < -0.4 is 5.56 Å². The molecule has 0 bridgehead atoms. The number of ether oxygens (including phenoxy) is 1. The zero-order chi connectivity index (χ0) is 17.3. The van der Waals surface area contributed by atoms with E-state index in [1.54, 1.807) is 18.3 Å². The van der Waals surface area contributed by atoms with Gasteiger partial charge in [-0.1, -0.05) is 23.2 Å². The van der Waals surface area contributed by atoms with Crippen LogP contribution >= 0.6 is 39.1 Å². The van der Waals surface area contributed by atoms with Gasteiger partial charge in [-0.25, -0.2) is 9.78 Å². The van der Waals surface area contributed by atoms with Crippen molar-refractivity contribution in [1.82, 2.24) is 9.38 Å². The molecule has 24 heavy (non-hydrogen) atoms. The first-order valence-corrected chi connectivity index (χ1v) is 8.28. The van der Waals surface area contributed by atoms with Crippen molar-refractivity contribution in [2.24, 2.45) is 0 Å². The summed E-state index contributed by atoms with van der Waals surface area (Å²) in [6, 6.07) is 9.20. The lowest BCUT2D eigenvalue weighted by molar-refractivity contribution is 0.0467. The van der Waals surface area contributed by atoms with E-state index in [4.69, 9.17) is 27.9 Å². The maximum atomic E-state index is 12.1. The van der Waals surface area contributed by atoms with E-state index in [2.05, 4.69) is 20.9 Å². The van der Waals surface area contributed by atoms with Gasteiger partial charge in [0.05, 0.1) is 11.3 Å². The van der Waals surface area contributed by atoms with Crippen molar-refractivity contribution in [1.29, 1.82) is 0 Å². The van der Waals surface area contributed by atoms with Crippen LogP contribution in [0.25, 0.3) is 5.65 Å². The predicted molar refractivity (Wildman–Crippen MR) is 94.7 cm³/mol. The first kappa shape index (κ1) is 17.0. The Morgan fingerprint density at radius 3 is 2.58 bits per heavy atom. The third-order valence-corrected chi connectivity index (χ3v) is 4.03. The third-order valence-electron chi connectivity index (χ3n) is 3.13. The summed E-state index contributed by atoms with van der Waals surface area (Å²) < 4.78 is 7.33. The number of aromatic nitrogens is 2. The van der Waals surface area contributed by atoms with Gasteiger partial charge in [0.25, 0.3) is 5.56 Å². The van der Waals surface area contributed by atoms with Gasteiger partial charge in [0.1, 0.15) is 12.3 Å². The zero-order valence-corrected chi connectivity index (χ0v) is 15.1. The van der Waals surface area contributed by atoms with E-state index in [-0.39, 0.29) is 17.7 Å². The number of hydrogen-bond acceptors (Lipinski definition) is 4. The molecule has 2 aromatic heterocycles. The molecule has 0 radical (unpaired) electrons. The molecule has 0 spiro atoms. The van der Waals surface area contributed by atoms with Crippen molar-refractivity contribution in [2.45, 2.75) is 6.61 Å². The average molecular weight is 428 g/mol. The number of hydrogen-bond donors (Lipinski definition) is 0. The molecule has 122 valence electrons. The second-order valence-electron chi connectivity index (χ2n) is 4.90. The van der Waals surface area contributed by atoms with E-state index in [1.807, 2.05) is 0 Å². The molecule has 0 amide bonds. The van der Waals surface area contributed by atoms with Gasteiger partial charge in [0.2, 0.25) is 0 Å². The molecule has 0 aliphatic carbocycles. The van der Waals surface area contributed by atoms with Crippen LogP contribution in [0.5, 0.6) is 0 Å². The number of nitrogens with zero attached hydrogens (tertiary/aromatic N) is 2. The Morgan fingerprint density at radius 2 is 1.88 bits per heavy atom. The van der Waals surface area contributed by atoms with Gasteiger partial charge in [-0.15, -0.1) is 0 Å². The van der Waals surface area contributed by atoms with E-state index in [1.165, 1.54) is 28.7 Å². The number of carbonyl (C=O) groups is 1. The Labute approximate surface area is 154 Å². The molecule has 0 unspecified atom stereocenters. The van der Waals surface area contributed by atoms with Crippen LogP contribution in [0.4, 0.5) is 0 Å². The normalized spacial score (nSPS) is 10.8. The maximum absolute atomic E-state index is 12.1. The summed E-state index contributed by atoms with van der Waals surface area (Å²) in [4.78, 5) is 28.4. The minimum atomic E-state index is -0.600. The fourth-order valence-corrected chi connectivity index (χ4v) is 2.96. The largest absolute Gasteiger partial charge is 0.456 e. The standard InChI is InChI=1S/C16H9BrCl2N2O3/c17-10-1-2-14-20-13(6-15(22)21(14)7-10)8-24-16(23)9-3-11(18)5-12(19)4-9/h1-7H,8H2. The zero-order valence-electron chi connectivity index (χ0n) is 12.0. The lowest BCUT2D eigenvalue weighted by Crippen LogP contribution is -2.16. The Morgan fingerprint density at radius 1 is 1.17 bits per heavy atom.